The molecule has 0 N–H and O–H groups in total. The molecule has 3 rings (SSSR count). The number of benzene rings is 2. The first kappa shape index (κ1) is 16.3. The molecule has 0 amide bonds. The Morgan fingerprint density at radius 1 is 0.739 bits per heavy atom. The topological polar surface area (TPSA) is 0 Å². The molecule has 0 saturated heterocycles. The first-order chi connectivity index (χ1) is 10.4. The summed E-state index contributed by atoms with van der Waals surface area (Å²) in [5.74, 6) is 0. The van der Waals surface area contributed by atoms with Crippen LogP contribution in [0.3, 0.4) is 0 Å². The van der Waals surface area contributed by atoms with Gasteiger partial charge in [-0.25, -0.2) is 0 Å². The molecule has 2 aromatic rings. The van der Waals surface area contributed by atoms with Crippen molar-refractivity contribution < 1.29 is 0 Å². The van der Waals surface area contributed by atoms with Crippen molar-refractivity contribution in [2.75, 3.05) is 0 Å². The highest BCUT2D eigenvalue weighted by Crippen LogP contribution is 2.52. The number of hydrogen-bond acceptors (Lipinski definition) is 0. The lowest BCUT2D eigenvalue weighted by molar-refractivity contribution is 0.584. The van der Waals surface area contributed by atoms with Gasteiger partial charge in [0.1, 0.15) is 0 Å². The predicted molar refractivity (Wildman–Crippen MR) is 101 cm³/mol. The van der Waals surface area contributed by atoms with Crippen molar-refractivity contribution in [3.05, 3.63) is 58.7 Å². The zero-order chi connectivity index (χ0) is 17.2. The highest BCUT2D eigenvalue weighted by molar-refractivity contribution is 5.84. The van der Waals surface area contributed by atoms with E-state index in [4.69, 9.17) is 0 Å². The van der Waals surface area contributed by atoms with E-state index in [9.17, 15) is 0 Å². The highest BCUT2D eigenvalue weighted by atomic mass is 14.4. The molecule has 0 bridgehead atoms. The Morgan fingerprint density at radius 3 is 1.96 bits per heavy atom. The van der Waals surface area contributed by atoms with Gasteiger partial charge in [-0.15, -0.1) is 0 Å². The van der Waals surface area contributed by atoms with E-state index in [1.165, 1.54) is 33.4 Å². The molecule has 0 aliphatic heterocycles. The molecule has 122 valence electrons. The van der Waals surface area contributed by atoms with Crippen LogP contribution in [-0.4, -0.2) is 0 Å². The van der Waals surface area contributed by atoms with Crippen LogP contribution in [0.15, 0.2) is 36.4 Å². The van der Waals surface area contributed by atoms with Gasteiger partial charge in [0.2, 0.25) is 0 Å². The molecule has 2 aromatic carbocycles. The van der Waals surface area contributed by atoms with Crippen molar-refractivity contribution in [1.29, 1.82) is 0 Å². The largest absolute Gasteiger partial charge is 0.0616 e. The van der Waals surface area contributed by atoms with Gasteiger partial charge in [-0.2, -0.15) is 0 Å². The molecule has 0 radical (unpaired) electrons. The van der Waals surface area contributed by atoms with Gasteiger partial charge in [0.15, 0.2) is 0 Å². The van der Waals surface area contributed by atoms with Crippen LogP contribution < -0.4 is 0 Å². The summed E-state index contributed by atoms with van der Waals surface area (Å²) in [6, 6.07) is 14.0. The fourth-order valence-electron chi connectivity index (χ4n) is 3.88. The van der Waals surface area contributed by atoms with Crippen LogP contribution in [0.2, 0.25) is 0 Å². The van der Waals surface area contributed by atoms with Crippen molar-refractivity contribution in [1.82, 2.24) is 0 Å². The zero-order valence-electron chi connectivity index (χ0n) is 16.0. The molecule has 0 heteroatoms. The van der Waals surface area contributed by atoms with Crippen molar-refractivity contribution >= 4 is 0 Å². The van der Waals surface area contributed by atoms with Gasteiger partial charge in [-0.3, -0.25) is 0 Å². The molecule has 23 heavy (non-hydrogen) atoms. The third-order valence-electron chi connectivity index (χ3n) is 5.37. The Kier molecular flexibility index (Phi) is 3.35. The van der Waals surface area contributed by atoms with Gasteiger partial charge in [-0.05, 0) is 44.2 Å². The summed E-state index contributed by atoms with van der Waals surface area (Å²) in [6.45, 7) is 18.6. The molecule has 0 fully saturated rings. The van der Waals surface area contributed by atoms with Gasteiger partial charge >= 0.3 is 0 Å². The van der Waals surface area contributed by atoms with E-state index >= 15 is 0 Å². The molecule has 0 unspecified atom stereocenters. The van der Waals surface area contributed by atoms with E-state index in [0.29, 0.717) is 0 Å². The summed E-state index contributed by atoms with van der Waals surface area (Å²) < 4.78 is 0. The lowest BCUT2D eigenvalue weighted by Crippen LogP contribution is -2.18. The maximum Gasteiger partial charge on any atom is 0.0159 e. The van der Waals surface area contributed by atoms with Gasteiger partial charge in [-0.1, -0.05) is 91.8 Å². The third kappa shape index (κ3) is 2.43. The average molecular weight is 306 g/mol. The number of rotatable bonds is 0. The second kappa shape index (κ2) is 4.72. The van der Waals surface area contributed by atoms with Crippen LogP contribution in [0.1, 0.15) is 77.6 Å². The second-order valence-electron chi connectivity index (χ2n) is 9.61. The first-order valence-electron chi connectivity index (χ1n) is 8.73. The van der Waals surface area contributed by atoms with E-state index in [1.807, 2.05) is 0 Å². The minimum absolute atomic E-state index is 0.0766. The lowest BCUT2D eigenvalue weighted by Gasteiger charge is -2.26. The van der Waals surface area contributed by atoms with Gasteiger partial charge < -0.3 is 0 Å². The average Bonchev–Trinajstić information content (AvgIpc) is 2.65. The zero-order valence-corrected chi connectivity index (χ0v) is 16.0. The van der Waals surface area contributed by atoms with Gasteiger partial charge in [0, 0.05) is 5.41 Å². The summed E-state index contributed by atoms with van der Waals surface area (Å²) in [5.41, 5.74) is 9.18. The maximum atomic E-state index is 2.45. The standard InChI is InChI=1S/C23H30/c1-21(2,3)15-12-13-16-19(14-15)23(7,8)18-11-9-10-17(20(16)18)22(4,5)6/h9-14H,1-8H3. The van der Waals surface area contributed by atoms with Crippen LogP contribution in [0.25, 0.3) is 11.1 Å². The highest BCUT2D eigenvalue weighted by Gasteiger charge is 2.38. The van der Waals surface area contributed by atoms with Gasteiger partial charge in [0.05, 0.1) is 0 Å². The van der Waals surface area contributed by atoms with Crippen molar-refractivity contribution in [3.8, 4) is 11.1 Å². The Labute approximate surface area is 141 Å². The van der Waals surface area contributed by atoms with Crippen LogP contribution in [0, 0.1) is 0 Å². The Hall–Kier alpha value is -1.56. The van der Waals surface area contributed by atoms with E-state index in [0.717, 1.165) is 0 Å². The summed E-state index contributed by atoms with van der Waals surface area (Å²) in [7, 11) is 0. The lowest BCUT2D eigenvalue weighted by atomic mass is 9.78. The molecule has 0 saturated carbocycles. The molecule has 0 spiro atoms. The minimum Gasteiger partial charge on any atom is -0.0616 e. The molecule has 0 nitrogen and oxygen atoms in total. The summed E-state index contributed by atoms with van der Waals surface area (Å²) >= 11 is 0. The van der Waals surface area contributed by atoms with Crippen LogP contribution >= 0.6 is 0 Å². The Morgan fingerprint density at radius 2 is 1.39 bits per heavy atom. The van der Waals surface area contributed by atoms with Crippen molar-refractivity contribution in [3.63, 3.8) is 0 Å². The molecule has 0 atom stereocenters. The Bertz CT molecular complexity index is 762. The molecule has 1 aliphatic carbocycles. The van der Waals surface area contributed by atoms with E-state index < -0.39 is 0 Å². The summed E-state index contributed by atoms with van der Waals surface area (Å²) in [6.07, 6.45) is 0. The third-order valence-corrected chi connectivity index (χ3v) is 5.37. The second-order valence-corrected chi connectivity index (χ2v) is 9.61. The summed E-state index contributed by atoms with van der Waals surface area (Å²) in [4.78, 5) is 0. The van der Waals surface area contributed by atoms with E-state index in [2.05, 4.69) is 91.8 Å². The molecular weight excluding hydrogens is 276 g/mol. The monoisotopic (exact) mass is 306 g/mol. The molecule has 0 aromatic heterocycles. The molecule has 1 aliphatic rings. The molecular formula is C23H30. The van der Waals surface area contributed by atoms with E-state index in [-0.39, 0.29) is 16.2 Å². The number of fused-ring (bicyclic) bond motifs is 3. The Balaban J connectivity index is 2.33. The maximum absolute atomic E-state index is 2.45. The van der Waals surface area contributed by atoms with Crippen molar-refractivity contribution in [2.24, 2.45) is 0 Å². The smallest absolute Gasteiger partial charge is 0.0159 e. The fourth-order valence-corrected chi connectivity index (χ4v) is 3.88. The van der Waals surface area contributed by atoms with Crippen LogP contribution in [0.4, 0.5) is 0 Å². The summed E-state index contributed by atoms with van der Waals surface area (Å²) in [5, 5.41) is 0. The SMILES string of the molecule is CC(C)(C)c1ccc2c(c1)C(C)(C)c1cccc(C(C)(C)C)c1-2. The normalized spacial score (nSPS) is 16.2. The quantitative estimate of drug-likeness (QED) is 0.515. The fraction of sp³-hybridized carbons (Fsp3) is 0.478. The van der Waals surface area contributed by atoms with Crippen molar-refractivity contribution in [2.45, 2.75) is 71.6 Å². The van der Waals surface area contributed by atoms with Crippen LogP contribution in [-0.2, 0) is 16.2 Å². The first-order valence-corrected chi connectivity index (χ1v) is 8.73. The van der Waals surface area contributed by atoms with Gasteiger partial charge in [0.25, 0.3) is 0 Å². The molecule has 0 heterocycles. The number of hydrogen-bond donors (Lipinski definition) is 0. The van der Waals surface area contributed by atoms with Crippen LogP contribution in [0.5, 0.6) is 0 Å². The predicted octanol–water partition coefficient (Wildman–Crippen LogP) is 6.59. The van der Waals surface area contributed by atoms with E-state index in [1.54, 1.807) is 0 Å². The minimum atomic E-state index is 0.0766.